The molecule has 3 heterocycles. The van der Waals surface area contributed by atoms with Crippen LogP contribution in [0.25, 0.3) is 33.4 Å². The van der Waals surface area contributed by atoms with Gasteiger partial charge < -0.3 is 25.3 Å². The average molecular weight is 540 g/mol. The monoisotopic (exact) mass is 539 g/mol. The van der Waals surface area contributed by atoms with Crippen LogP contribution in [-0.4, -0.2) is 43.5 Å². The van der Waals surface area contributed by atoms with Gasteiger partial charge in [-0.05, 0) is 30.0 Å². The zero-order valence-corrected chi connectivity index (χ0v) is 21.7. The van der Waals surface area contributed by atoms with Crippen LogP contribution in [0.3, 0.4) is 0 Å². The molecule has 5 aromatic rings. The van der Waals surface area contributed by atoms with E-state index in [1.54, 1.807) is 29.2 Å². The number of para-hydroxylation sites is 1. The van der Waals surface area contributed by atoms with Gasteiger partial charge in [-0.1, -0.05) is 84.4 Å². The van der Waals surface area contributed by atoms with Crippen LogP contribution in [0.1, 0.15) is 36.3 Å². The molecule has 3 aromatic carbocycles. The van der Waals surface area contributed by atoms with Crippen LogP contribution in [0.5, 0.6) is 0 Å². The van der Waals surface area contributed by atoms with Crippen molar-refractivity contribution in [1.82, 2.24) is 25.2 Å². The first-order chi connectivity index (χ1) is 19.0. The number of hydrogen-bond donors (Lipinski definition) is 4. The summed E-state index contributed by atoms with van der Waals surface area (Å²) in [6, 6.07) is 23.6. The van der Waals surface area contributed by atoms with Gasteiger partial charge in [0.25, 0.3) is 5.91 Å². The Balaban J connectivity index is 1.23. The highest BCUT2D eigenvalue weighted by molar-refractivity contribution is 6.38. The van der Waals surface area contributed by atoms with Crippen molar-refractivity contribution in [2.24, 2.45) is 0 Å². The van der Waals surface area contributed by atoms with Gasteiger partial charge in [0, 0.05) is 29.2 Å². The molecule has 1 aliphatic rings. The number of aromatic nitrogens is 3. The van der Waals surface area contributed by atoms with Crippen molar-refractivity contribution in [3.8, 4) is 22.5 Å². The van der Waals surface area contributed by atoms with Crippen LogP contribution in [0.15, 0.2) is 85.1 Å². The number of fused-ring (bicyclic) bond motifs is 1. The summed E-state index contributed by atoms with van der Waals surface area (Å²) >= 11 is 6.63. The molecule has 2 amide bonds. The molecule has 0 aliphatic carbocycles. The summed E-state index contributed by atoms with van der Waals surface area (Å²) in [6.07, 6.45) is 2.14. The average Bonchev–Trinajstić information content (AvgIpc) is 3.71. The lowest BCUT2D eigenvalue weighted by molar-refractivity contribution is -0.134. The van der Waals surface area contributed by atoms with Crippen LogP contribution in [0, 0.1) is 0 Å². The number of benzene rings is 3. The van der Waals surface area contributed by atoms with E-state index in [4.69, 9.17) is 16.6 Å². The summed E-state index contributed by atoms with van der Waals surface area (Å²) in [4.78, 5) is 38.2. The van der Waals surface area contributed by atoms with E-state index in [1.165, 1.54) is 0 Å². The van der Waals surface area contributed by atoms with Gasteiger partial charge in [0.2, 0.25) is 0 Å². The van der Waals surface area contributed by atoms with E-state index in [2.05, 4.69) is 15.3 Å². The number of carboxylic acid groups (broad SMARTS) is 1. The fourth-order valence-electron chi connectivity index (χ4n) is 5.31. The Kier molecular flexibility index (Phi) is 6.54. The number of aromatic amines is 2. The van der Waals surface area contributed by atoms with E-state index in [-0.39, 0.29) is 11.9 Å². The summed E-state index contributed by atoms with van der Waals surface area (Å²) in [6.45, 7) is 0.532. The highest BCUT2D eigenvalue weighted by Crippen LogP contribution is 2.36. The van der Waals surface area contributed by atoms with Crippen LogP contribution in [-0.2, 0) is 4.79 Å². The number of likely N-dealkylation sites (tertiary alicyclic amines) is 1. The van der Waals surface area contributed by atoms with Crippen molar-refractivity contribution in [3.63, 3.8) is 0 Å². The second-order valence-corrected chi connectivity index (χ2v) is 9.97. The Labute approximate surface area is 229 Å². The van der Waals surface area contributed by atoms with Gasteiger partial charge in [-0.25, -0.2) is 9.78 Å². The maximum absolute atomic E-state index is 13.6. The van der Waals surface area contributed by atoms with Crippen molar-refractivity contribution in [2.75, 3.05) is 6.54 Å². The van der Waals surface area contributed by atoms with Crippen molar-refractivity contribution in [2.45, 2.75) is 24.9 Å². The predicted octanol–water partition coefficient (Wildman–Crippen LogP) is 6.55. The zero-order chi connectivity index (χ0) is 26.9. The highest BCUT2D eigenvalue weighted by Gasteiger charge is 2.36. The second-order valence-electron chi connectivity index (χ2n) is 9.59. The maximum Gasteiger partial charge on any atom is 0.405 e. The summed E-state index contributed by atoms with van der Waals surface area (Å²) in [5.41, 5.74) is 5.13. The van der Waals surface area contributed by atoms with E-state index in [1.807, 2.05) is 60.8 Å². The smallest absolute Gasteiger partial charge is 0.405 e. The number of carbonyl (C=O) groups is 2. The Morgan fingerprint density at radius 1 is 1.00 bits per heavy atom. The fourth-order valence-corrected chi connectivity index (χ4v) is 5.63. The lowest BCUT2D eigenvalue weighted by atomic mass is 10.1. The highest BCUT2D eigenvalue weighted by atomic mass is 35.5. The normalized spacial score (nSPS) is 15.9. The standard InChI is InChI=1S/C30H26ClN5O3/c31-25-21-9-4-5-10-22(21)33-26(25)20-14-12-18(13-15-20)23-17-32-28(34-23)24-11-6-16-36(24)29(37)27(35-30(38)39)19-7-2-1-3-8-19/h1-5,7-10,12-15,17,24,27,33,35H,6,11,16H2,(H,32,34)(H,38,39)/t24-,27+/m0/s1. The van der Waals surface area contributed by atoms with Gasteiger partial charge >= 0.3 is 6.09 Å². The van der Waals surface area contributed by atoms with E-state index in [0.29, 0.717) is 23.0 Å². The molecule has 1 aliphatic heterocycles. The third-order valence-electron chi connectivity index (χ3n) is 7.21. The number of rotatable bonds is 6. The van der Waals surface area contributed by atoms with Crippen molar-refractivity contribution in [1.29, 1.82) is 0 Å². The number of carbonyl (C=O) groups excluding carboxylic acids is 1. The SMILES string of the molecule is O=C(O)N[C@@H](C(=O)N1CCC[C@H]1c1nc(-c2ccc(-c3[nH]c4ccccc4c3Cl)cc2)c[nH]1)c1ccccc1. The first-order valence-electron chi connectivity index (χ1n) is 12.8. The first kappa shape index (κ1) is 24.8. The topological polar surface area (TPSA) is 114 Å². The van der Waals surface area contributed by atoms with Gasteiger partial charge in [0.1, 0.15) is 11.9 Å². The maximum atomic E-state index is 13.6. The quantitative estimate of drug-likeness (QED) is 0.196. The molecule has 0 saturated carbocycles. The molecule has 2 atom stereocenters. The number of halogens is 1. The third-order valence-corrected chi connectivity index (χ3v) is 7.60. The van der Waals surface area contributed by atoms with Crippen LogP contribution < -0.4 is 5.32 Å². The largest absolute Gasteiger partial charge is 0.465 e. The zero-order valence-electron chi connectivity index (χ0n) is 20.9. The summed E-state index contributed by atoms with van der Waals surface area (Å²) in [5, 5.41) is 13.5. The Bertz CT molecular complexity index is 1640. The van der Waals surface area contributed by atoms with E-state index in [9.17, 15) is 14.7 Å². The molecule has 0 spiro atoms. The van der Waals surface area contributed by atoms with E-state index >= 15 is 0 Å². The molecule has 0 bridgehead atoms. The summed E-state index contributed by atoms with van der Waals surface area (Å²) in [7, 11) is 0. The Morgan fingerprint density at radius 2 is 1.72 bits per heavy atom. The minimum Gasteiger partial charge on any atom is -0.465 e. The van der Waals surface area contributed by atoms with Crippen LogP contribution in [0.2, 0.25) is 5.02 Å². The van der Waals surface area contributed by atoms with E-state index < -0.39 is 12.1 Å². The molecule has 39 heavy (non-hydrogen) atoms. The molecule has 0 radical (unpaired) electrons. The molecular weight excluding hydrogens is 514 g/mol. The number of amides is 2. The minimum atomic E-state index is -1.24. The van der Waals surface area contributed by atoms with Gasteiger partial charge in [-0.15, -0.1) is 0 Å². The third kappa shape index (κ3) is 4.75. The summed E-state index contributed by atoms with van der Waals surface area (Å²) < 4.78 is 0. The number of nitrogens with zero attached hydrogens (tertiary/aromatic N) is 2. The van der Waals surface area contributed by atoms with Crippen LogP contribution >= 0.6 is 11.6 Å². The Hall–Kier alpha value is -4.56. The second kappa shape index (κ2) is 10.3. The minimum absolute atomic E-state index is 0.266. The van der Waals surface area contributed by atoms with Crippen molar-refractivity contribution < 1.29 is 14.7 Å². The first-order valence-corrected chi connectivity index (χ1v) is 13.1. The lowest BCUT2D eigenvalue weighted by Gasteiger charge is -2.28. The Morgan fingerprint density at radius 3 is 2.46 bits per heavy atom. The van der Waals surface area contributed by atoms with Gasteiger partial charge in [-0.3, -0.25) is 4.79 Å². The number of H-pyrrole nitrogens is 2. The van der Waals surface area contributed by atoms with Gasteiger partial charge in [0.15, 0.2) is 0 Å². The molecular formula is C30H26ClN5O3. The molecule has 1 saturated heterocycles. The fraction of sp³-hybridized carbons (Fsp3) is 0.167. The number of imidazole rings is 1. The molecule has 196 valence electrons. The number of nitrogens with one attached hydrogen (secondary N) is 3. The molecule has 4 N–H and O–H groups in total. The van der Waals surface area contributed by atoms with E-state index in [0.717, 1.165) is 46.3 Å². The van der Waals surface area contributed by atoms with Crippen molar-refractivity contribution >= 4 is 34.5 Å². The number of hydrogen-bond acceptors (Lipinski definition) is 3. The summed E-state index contributed by atoms with van der Waals surface area (Å²) in [5.74, 6) is 0.393. The van der Waals surface area contributed by atoms with Gasteiger partial charge in [0.05, 0.1) is 22.5 Å². The molecule has 0 unspecified atom stereocenters. The molecule has 6 rings (SSSR count). The van der Waals surface area contributed by atoms with Crippen molar-refractivity contribution in [3.05, 3.63) is 101 Å². The molecule has 9 heteroatoms. The van der Waals surface area contributed by atoms with Crippen LogP contribution in [0.4, 0.5) is 4.79 Å². The van der Waals surface area contributed by atoms with Gasteiger partial charge in [-0.2, -0.15) is 0 Å². The molecule has 1 fully saturated rings. The lowest BCUT2D eigenvalue weighted by Crippen LogP contribution is -2.42. The predicted molar refractivity (Wildman–Crippen MR) is 150 cm³/mol. The molecule has 2 aromatic heterocycles. The molecule has 8 nitrogen and oxygen atoms in total.